The van der Waals surface area contributed by atoms with Crippen LogP contribution in [-0.4, -0.2) is 23.0 Å². The van der Waals surface area contributed by atoms with E-state index in [0.29, 0.717) is 22.5 Å². The molecule has 0 aliphatic carbocycles. The molecule has 2 aromatic heterocycles. The fourth-order valence-corrected chi connectivity index (χ4v) is 2.78. The Balaban J connectivity index is 2.05. The van der Waals surface area contributed by atoms with Crippen LogP contribution in [0.5, 0.6) is 5.75 Å². The molecule has 3 aromatic rings. The van der Waals surface area contributed by atoms with Gasteiger partial charge in [0.05, 0.1) is 7.11 Å². The van der Waals surface area contributed by atoms with Gasteiger partial charge in [-0.05, 0) is 40.5 Å². The summed E-state index contributed by atoms with van der Waals surface area (Å²) >= 11 is 3.37. The fraction of sp³-hybridized carbons (Fsp3) is 0.167. The van der Waals surface area contributed by atoms with Gasteiger partial charge in [-0.3, -0.25) is 4.98 Å². The number of nitrogens with zero attached hydrogens (tertiary/aromatic N) is 2. The maximum Gasteiger partial charge on any atom is 0.360 e. The molecule has 0 radical (unpaired) electrons. The standard InChI is InChI=1S/C18H15BrN2O3/c1-11-5-7-12(8-6-11)10-24-16-14-13(4-3-9-20-14)17(19)21-15(16)18(22)23-2/h3-9H,10H2,1-2H3. The zero-order valence-electron chi connectivity index (χ0n) is 13.2. The summed E-state index contributed by atoms with van der Waals surface area (Å²) in [6.45, 7) is 2.33. The van der Waals surface area contributed by atoms with Crippen LogP contribution in [0.1, 0.15) is 21.6 Å². The highest BCUT2D eigenvalue weighted by atomic mass is 79.9. The summed E-state index contributed by atoms with van der Waals surface area (Å²) in [5.41, 5.74) is 2.82. The van der Waals surface area contributed by atoms with Crippen LogP contribution < -0.4 is 4.74 Å². The second-order valence-electron chi connectivity index (χ2n) is 5.25. The number of methoxy groups -OCH3 is 1. The smallest absolute Gasteiger partial charge is 0.360 e. The van der Waals surface area contributed by atoms with E-state index in [1.54, 1.807) is 12.3 Å². The molecule has 0 amide bonds. The highest BCUT2D eigenvalue weighted by molar-refractivity contribution is 9.10. The first-order valence-corrected chi connectivity index (χ1v) is 8.10. The molecule has 0 saturated heterocycles. The van der Waals surface area contributed by atoms with Crippen molar-refractivity contribution in [2.45, 2.75) is 13.5 Å². The molecule has 1 aromatic carbocycles. The lowest BCUT2D eigenvalue weighted by atomic mass is 10.1. The zero-order valence-corrected chi connectivity index (χ0v) is 14.8. The van der Waals surface area contributed by atoms with Crippen LogP contribution >= 0.6 is 15.9 Å². The van der Waals surface area contributed by atoms with Crippen LogP contribution in [0.2, 0.25) is 0 Å². The van der Waals surface area contributed by atoms with Crippen molar-refractivity contribution in [2.75, 3.05) is 7.11 Å². The topological polar surface area (TPSA) is 61.3 Å². The number of carbonyl (C=O) groups is 1. The largest absolute Gasteiger partial charge is 0.484 e. The third-order valence-electron chi connectivity index (χ3n) is 3.55. The maximum absolute atomic E-state index is 12.1. The molecular weight excluding hydrogens is 372 g/mol. The van der Waals surface area contributed by atoms with E-state index < -0.39 is 5.97 Å². The van der Waals surface area contributed by atoms with Crippen LogP contribution in [0, 0.1) is 6.92 Å². The Morgan fingerprint density at radius 3 is 2.67 bits per heavy atom. The van der Waals surface area contributed by atoms with Gasteiger partial charge in [0, 0.05) is 11.6 Å². The van der Waals surface area contributed by atoms with Gasteiger partial charge in [-0.25, -0.2) is 9.78 Å². The van der Waals surface area contributed by atoms with Gasteiger partial charge < -0.3 is 9.47 Å². The summed E-state index contributed by atoms with van der Waals surface area (Å²) in [7, 11) is 1.31. The molecule has 0 bridgehead atoms. The van der Waals surface area contributed by atoms with Gasteiger partial charge in [0.15, 0.2) is 11.4 Å². The lowest BCUT2D eigenvalue weighted by molar-refractivity contribution is 0.0588. The average Bonchev–Trinajstić information content (AvgIpc) is 2.61. The van der Waals surface area contributed by atoms with Crippen LogP contribution in [0.15, 0.2) is 47.2 Å². The lowest BCUT2D eigenvalue weighted by Crippen LogP contribution is -2.10. The van der Waals surface area contributed by atoms with Crippen molar-refractivity contribution in [1.29, 1.82) is 0 Å². The molecule has 0 atom stereocenters. The molecule has 0 spiro atoms. The van der Waals surface area contributed by atoms with Crippen molar-refractivity contribution >= 4 is 32.8 Å². The summed E-state index contributed by atoms with van der Waals surface area (Å²) in [4.78, 5) is 20.7. The van der Waals surface area contributed by atoms with E-state index in [-0.39, 0.29) is 5.69 Å². The highest BCUT2D eigenvalue weighted by Gasteiger charge is 2.21. The molecule has 0 aliphatic heterocycles. The average molecular weight is 387 g/mol. The number of fused-ring (bicyclic) bond motifs is 1. The number of ether oxygens (including phenoxy) is 2. The summed E-state index contributed by atoms with van der Waals surface area (Å²) in [6, 6.07) is 11.6. The molecule has 0 saturated carbocycles. The Morgan fingerprint density at radius 2 is 1.96 bits per heavy atom. The quantitative estimate of drug-likeness (QED) is 0.499. The lowest BCUT2D eigenvalue weighted by Gasteiger charge is -2.13. The van der Waals surface area contributed by atoms with E-state index in [4.69, 9.17) is 9.47 Å². The molecule has 0 aliphatic rings. The normalized spacial score (nSPS) is 10.6. The van der Waals surface area contributed by atoms with E-state index in [0.717, 1.165) is 10.9 Å². The van der Waals surface area contributed by atoms with Gasteiger partial charge in [0.25, 0.3) is 0 Å². The third kappa shape index (κ3) is 3.23. The zero-order chi connectivity index (χ0) is 17.1. The molecule has 122 valence electrons. The van der Waals surface area contributed by atoms with Crippen LogP contribution in [0.3, 0.4) is 0 Å². The number of benzene rings is 1. The van der Waals surface area contributed by atoms with E-state index in [9.17, 15) is 4.79 Å². The van der Waals surface area contributed by atoms with Crippen molar-refractivity contribution in [3.05, 3.63) is 64.0 Å². The molecule has 3 rings (SSSR count). The minimum atomic E-state index is -0.567. The summed E-state index contributed by atoms with van der Waals surface area (Å²) in [5.74, 6) is -0.247. The highest BCUT2D eigenvalue weighted by Crippen LogP contribution is 2.32. The number of esters is 1. The van der Waals surface area contributed by atoms with Gasteiger partial charge in [-0.15, -0.1) is 0 Å². The molecule has 0 fully saturated rings. The molecule has 24 heavy (non-hydrogen) atoms. The van der Waals surface area contributed by atoms with E-state index in [2.05, 4.69) is 25.9 Å². The first-order chi connectivity index (χ1) is 11.6. The minimum absolute atomic E-state index is 0.0997. The first-order valence-electron chi connectivity index (χ1n) is 7.31. The van der Waals surface area contributed by atoms with Crippen molar-refractivity contribution in [3.8, 4) is 5.75 Å². The van der Waals surface area contributed by atoms with Gasteiger partial charge in [0.1, 0.15) is 16.7 Å². The van der Waals surface area contributed by atoms with Crippen molar-refractivity contribution in [3.63, 3.8) is 0 Å². The van der Waals surface area contributed by atoms with Crippen LogP contribution in [0.25, 0.3) is 10.9 Å². The summed E-state index contributed by atoms with van der Waals surface area (Å²) in [5, 5.41) is 0.768. The number of carbonyl (C=O) groups excluding carboxylic acids is 1. The Morgan fingerprint density at radius 1 is 1.21 bits per heavy atom. The SMILES string of the molecule is COC(=O)c1nc(Br)c2cccnc2c1OCc1ccc(C)cc1. The van der Waals surface area contributed by atoms with Crippen molar-refractivity contribution in [1.82, 2.24) is 9.97 Å². The number of rotatable bonds is 4. The van der Waals surface area contributed by atoms with E-state index in [1.165, 1.54) is 12.7 Å². The maximum atomic E-state index is 12.1. The Labute approximate surface area is 147 Å². The molecule has 2 heterocycles. The minimum Gasteiger partial charge on any atom is -0.484 e. The summed E-state index contributed by atoms with van der Waals surface area (Å²) < 4.78 is 11.2. The first kappa shape index (κ1) is 16.4. The Bertz CT molecular complexity index is 895. The van der Waals surface area contributed by atoms with Gasteiger partial charge >= 0.3 is 5.97 Å². The van der Waals surface area contributed by atoms with Crippen LogP contribution in [0.4, 0.5) is 0 Å². The fourth-order valence-electron chi connectivity index (χ4n) is 2.29. The number of hydrogen-bond donors (Lipinski definition) is 0. The van der Waals surface area contributed by atoms with Crippen molar-refractivity contribution < 1.29 is 14.3 Å². The second-order valence-corrected chi connectivity index (χ2v) is 6.00. The number of aryl methyl sites for hydroxylation is 1. The Hall–Kier alpha value is -2.47. The van der Waals surface area contributed by atoms with E-state index >= 15 is 0 Å². The van der Waals surface area contributed by atoms with Crippen molar-refractivity contribution in [2.24, 2.45) is 0 Å². The molecule has 6 heteroatoms. The van der Waals surface area contributed by atoms with Gasteiger partial charge in [-0.1, -0.05) is 29.8 Å². The second kappa shape index (κ2) is 6.97. The number of halogens is 1. The monoisotopic (exact) mass is 386 g/mol. The summed E-state index contributed by atoms with van der Waals surface area (Å²) in [6.07, 6.45) is 1.65. The third-order valence-corrected chi connectivity index (χ3v) is 4.16. The van der Waals surface area contributed by atoms with Crippen LogP contribution in [-0.2, 0) is 11.3 Å². The number of aromatic nitrogens is 2. The van der Waals surface area contributed by atoms with E-state index in [1.807, 2.05) is 37.3 Å². The molecule has 0 unspecified atom stereocenters. The number of hydrogen-bond acceptors (Lipinski definition) is 5. The predicted molar refractivity (Wildman–Crippen MR) is 94.1 cm³/mol. The molecule has 0 N–H and O–H groups in total. The molecule has 5 nitrogen and oxygen atoms in total. The van der Waals surface area contributed by atoms with Gasteiger partial charge in [0.2, 0.25) is 0 Å². The predicted octanol–water partition coefficient (Wildman–Crippen LogP) is 4.07. The van der Waals surface area contributed by atoms with Gasteiger partial charge in [-0.2, -0.15) is 0 Å². The number of pyridine rings is 2. The molecular formula is C18H15BrN2O3. The Kier molecular flexibility index (Phi) is 4.76.